The SMILES string of the molecule is CC[S+](C)C(C)Oc1ccc(N)cc1.[Cl-]. The second-order valence-corrected chi connectivity index (χ2v) is 5.86. The molecule has 0 saturated carbocycles. The topological polar surface area (TPSA) is 35.2 Å². The first-order chi connectivity index (χ1) is 6.63. The molecule has 2 N–H and O–H groups in total. The lowest BCUT2D eigenvalue weighted by atomic mass is 10.3. The Labute approximate surface area is 101 Å². The van der Waals surface area contributed by atoms with E-state index in [4.69, 9.17) is 10.5 Å². The van der Waals surface area contributed by atoms with E-state index in [1.807, 2.05) is 24.3 Å². The molecule has 0 aliphatic heterocycles. The zero-order valence-electron chi connectivity index (χ0n) is 9.37. The summed E-state index contributed by atoms with van der Waals surface area (Å²) in [5.74, 6) is 2.07. The van der Waals surface area contributed by atoms with E-state index in [0.29, 0.717) is 10.9 Å². The fraction of sp³-hybridized carbons (Fsp3) is 0.455. The largest absolute Gasteiger partial charge is 1.00 e. The van der Waals surface area contributed by atoms with E-state index >= 15 is 0 Å². The van der Waals surface area contributed by atoms with Crippen molar-refractivity contribution in [2.24, 2.45) is 0 Å². The van der Waals surface area contributed by atoms with E-state index in [1.165, 1.54) is 0 Å². The summed E-state index contributed by atoms with van der Waals surface area (Å²) in [5.41, 5.74) is 6.64. The first-order valence-electron chi connectivity index (χ1n) is 4.77. The van der Waals surface area contributed by atoms with Crippen molar-refractivity contribution in [3.05, 3.63) is 24.3 Å². The molecule has 0 amide bonds. The standard InChI is InChI=1S/C11H18NOS.ClH/c1-4-14(3)9(2)13-11-7-5-10(12)6-8-11;/h5-9H,4,12H2,1-3H3;1H/q+1;/p-1. The number of hydrogen-bond acceptors (Lipinski definition) is 2. The van der Waals surface area contributed by atoms with Crippen molar-refractivity contribution in [2.45, 2.75) is 19.3 Å². The first-order valence-corrected chi connectivity index (χ1v) is 6.63. The van der Waals surface area contributed by atoms with Gasteiger partial charge in [-0.25, -0.2) is 0 Å². The molecule has 1 rings (SSSR count). The van der Waals surface area contributed by atoms with E-state index in [2.05, 4.69) is 20.1 Å². The Morgan fingerprint density at radius 2 is 1.87 bits per heavy atom. The van der Waals surface area contributed by atoms with E-state index in [1.54, 1.807) is 0 Å². The van der Waals surface area contributed by atoms with Crippen molar-refractivity contribution in [2.75, 3.05) is 17.7 Å². The van der Waals surface area contributed by atoms with Crippen LogP contribution in [-0.4, -0.2) is 17.4 Å². The van der Waals surface area contributed by atoms with Crippen LogP contribution in [0.3, 0.4) is 0 Å². The third-order valence-corrected chi connectivity index (χ3v) is 4.34. The molecule has 0 aliphatic carbocycles. The van der Waals surface area contributed by atoms with Crippen LogP contribution in [0.25, 0.3) is 0 Å². The minimum Gasteiger partial charge on any atom is -1.00 e. The molecule has 2 nitrogen and oxygen atoms in total. The van der Waals surface area contributed by atoms with Crippen LogP contribution in [0.15, 0.2) is 24.3 Å². The monoisotopic (exact) mass is 247 g/mol. The van der Waals surface area contributed by atoms with Crippen molar-refractivity contribution < 1.29 is 17.1 Å². The maximum atomic E-state index is 5.78. The smallest absolute Gasteiger partial charge is 0.253 e. The van der Waals surface area contributed by atoms with Crippen LogP contribution in [0.4, 0.5) is 5.69 Å². The van der Waals surface area contributed by atoms with Gasteiger partial charge in [0.05, 0.1) is 0 Å². The molecule has 1 aromatic rings. The number of rotatable bonds is 4. The van der Waals surface area contributed by atoms with Crippen LogP contribution in [0.1, 0.15) is 13.8 Å². The van der Waals surface area contributed by atoms with Crippen molar-refractivity contribution in [1.29, 1.82) is 0 Å². The normalized spacial score (nSPS) is 13.8. The summed E-state index contributed by atoms with van der Waals surface area (Å²) in [4.78, 5) is 0. The lowest BCUT2D eigenvalue weighted by molar-refractivity contribution is -0.00000367. The molecule has 2 atom stereocenters. The highest BCUT2D eigenvalue weighted by molar-refractivity contribution is 7.96. The Balaban J connectivity index is 0.00000196. The molecule has 0 saturated heterocycles. The van der Waals surface area contributed by atoms with Gasteiger partial charge in [0.1, 0.15) is 17.8 Å². The molecule has 4 heteroatoms. The first kappa shape index (κ1) is 14.5. The van der Waals surface area contributed by atoms with Crippen LogP contribution in [0.5, 0.6) is 5.75 Å². The van der Waals surface area contributed by atoms with Gasteiger partial charge in [-0.1, -0.05) is 0 Å². The van der Waals surface area contributed by atoms with Crippen LogP contribution in [-0.2, 0) is 10.9 Å². The summed E-state index contributed by atoms with van der Waals surface area (Å²) in [6, 6.07) is 7.56. The minimum atomic E-state index is 0. The van der Waals surface area contributed by atoms with Gasteiger partial charge >= 0.3 is 0 Å². The Hall–Kier alpha value is -0.540. The highest BCUT2D eigenvalue weighted by Crippen LogP contribution is 2.16. The summed E-state index contributed by atoms with van der Waals surface area (Å²) in [7, 11) is 0.319. The Kier molecular flexibility index (Phi) is 6.61. The average molecular weight is 248 g/mol. The van der Waals surface area contributed by atoms with E-state index < -0.39 is 0 Å². The summed E-state index contributed by atoms with van der Waals surface area (Å²) >= 11 is 0. The number of anilines is 1. The third-order valence-electron chi connectivity index (χ3n) is 2.20. The molecule has 0 spiro atoms. The zero-order valence-corrected chi connectivity index (χ0v) is 10.9. The molecule has 15 heavy (non-hydrogen) atoms. The van der Waals surface area contributed by atoms with Gasteiger partial charge in [-0.3, -0.25) is 0 Å². The molecule has 2 unspecified atom stereocenters. The van der Waals surface area contributed by atoms with Gasteiger partial charge in [0, 0.05) is 23.5 Å². The highest BCUT2D eigenvalue weighted by Gasteiger charge is 2.19. The van der Waals surface area contributed by atoms with Crippen LogP contribution in [0, 0.1) is 0 Å². The zero-order chi connectivity index (χ0) is 10.6. The summed E-state index contributed by atoms with van der Waals surface area (Å²) in [5, 5.41) is 0. The summed E-state index contributed by atoms with van der Waals surface area (Å²) in [6.45, 7) is 4.30. The molecule has 0 aromatic heterocycles. The van der Waals surface area contributed by atoms with E-state index in [9.17, 15) is 0 Å². The summed E-state index contributed by atoms with van der Waals surface area (Å²) in [6.07, 6.45) is 2.22. The second kappa shape index (κ2) is 6.85. The number of nitrogens with two attached hydrogens (primary N) is 1. The van der Waals surface area contributed by atoms with E-state index in [0.717, 1.165) is 17.2 Å². The molecular weight excluding hydrogens is 230 g/mol. The maximum Gasteiger partial charge on any atom is 0.253 e. The fourth-order valence-corrected chi connectivity index (χ4v) is 1.80. The number of hydrogen-bond donors (Lipinski definition) is 1. The van der Waals surface area contributed by atoms with Gasteiger partial charge in [-0.2, -0.15) is 0 Å². The molecule has 0 radical (unpaired) electrons. The average Bonchev–Trinajstić information content (AvgIpc) is 2.20. The number of nitrogen functional groups attached to an aromatic ring is 1. The van der Waals surface area contributed by atoms with Crippen LogP contribution >= 0.6 is 0 Å². The van der Waals surface area contributed by atoms with Crippen LogP contribution in [0.2, 0.25) is 0 Å². The number of halogens is 1. The lowest BCUT2D eigenvalue weighted by Gasteiger charge is -2.13. The molecule has 86 valence electrons. The highest BCUT2D eigenvalue weighted by atomic mass is 35.5. The van der Waals surface area contributed by atoms with Gasteiger partial charge < -0.3 is 22.9 Å². The predicted molar refractivity (Wildman–Crippen MR) is 64.8 cm³/mol. The number of ether oxygens (including phenoxy) is 1. The Bertz CT molecular complexity index is 278. The molecule has 0 heterocycles. The van der Waals surface area contributed by atoms with Crippen molar-refractivity contribution >= 4 is 16.6 Å². The van der Waals surface area contributed by atoms with Crippen molar-refractivity contribution in [3.8, 4) is 5.75 Å². The van der Waals surface area contributed by atoms with Gasteiger partial charge in [0.2, 0.25) is 0 Å². The Morgan fingerprint density at radius 1 is 1.33 bits per heavy atom. The van der Waals surface area contributed by atoms with Gasteiger partial charge in [0.15, 0.2) is 0 Å². The molecular formula is C11H18ClNOS. The maximum absolute atomic E-state index is 5.78. The van der Waals surface area contributed by atoms with Crippen molar-refractivity contribution in [3.63, 3.8) is 0 Å². The minimum absolute atomic E-state index is 0. The fourth-order valence-electron chi connectivity index (χ4n) is 1.05. The molecule has 0 aliphatic rings. The Morgan fingerprint density at radius 3 is 2.33 bits per heavy atom. The second-order valence-electron chi connectivity index (χ2n) is 3.23. The lowest BCUT2D eigenvalue weighted by Crippen LogP contribution is -3.00. The van der Waals surface area contributed by atoms with Crippen molar-refractivity contribution in [1.82, 2.24) is 0 Å². The quantitative estimate of drug-likeness (QED) is 0.562. The third kappa shape index (κ3) is 4.67. The number of benzene rings is 1. The summed E-state index contributed by atoms with van der Waals surface area (Å²) < 4.78 is 5.78. The van der Waals surface area contributed by atoms with Gasteiger partial charge in [0.25, 0.3) is 5.44 Å². The van der Waals surface area contributed by atoms with E-state index in [-0.39, 0.29) is 17.8 Å². The van der Waals surface area contributed by atoms with Gasteiger partial charge in [-0.05, 0) is 31.2 Å². The van der Waals surface area contributed by atoms with Gasteiger partial charge in [-0.15, -0.1) is 0 Å². The molecule has 0 fully saturated rings. The molecule has 1 aromatic carbocycles. The molecule has 0 bridgehead atoms. The van der Waals surface area contributed by atoms with Crippen LogP contribution < -0.4 is 22.9 Å². The predicted octanol–water partition coefficient (Wildman–Crippen LogP) is -0.734.